The van der Waals surface area contributed by atoms with Crippen molar-refractivity contribution in [2.24, 2.45) is 7.05 Å². The molecule has 0 amide bonds. The Labute approximate surface area is 109 Å². The molecule has 1 aromatic heterocycles. The normalized spacial score (nSPS) is 10.3. The Balaban J connectivity index is 2.28. The maximum Gasteiger partial charge on any atom is 0.345 e. The first kappa shape index (κ1) is 13.0. The molecule has 5 heteroatoms. The summed E-state index contributed by atoms with van der Waals surface area (Å²) < 4.78 is 19.9. The van der Waals surface area contributed by atoms with Gasteiger partial charge in [-0.2, -0.15) is 0 Å². The van der Waals surface area contributed by atoms with E-state index in [4.69, 9.17) is 4.74 Å². The summed E-state index contributed by atoms with van der Waals surface area (Å²) in [5.74, 6) is -1.40. The molecule has 0 fully saturated rings. The number of carbonyl (C=O) groups excluding carboxylic acids is 1. The number of aryl methyl sites for hydroxylation is 2. The quantitative estimate of drug-likeness (QED) is 0.614. The van der Waals surface area contributed by atoms with Crippen molar-refractivity contribution in [2.75, 3.05) is 0 Å². The monoisotopic (exact) mass is 261 g/mol. The zero-order valence-electron chi connectivity index (χ0n) is 10.5. The van der Waals surface area contributed by atoms with Crippen LogP contribution in [0.3, 0.4) is 0 Å². The van der Waals surface area contributed by atoms with Crippen molar-refractivity contribution in [1.29, 1.82) is 0 Å². The van der Waals surface area contributed by atoms with Gasteiger partial charge in [0.05, 0.1) is 5.56 Å². The van der Waals surface area contributed by atoms with Crippen LogP contribution in [0.1, 0.15) is 15.9 Å². The smallest absolute Gasteiger partial charge is 0.345 e. The summed E-state index contributed by atoms with van der Waals surface area (Å²) in [6, 6.07) is 7.16. The second kappa shape index (κ2) is 5.06. The topological polar surface area (TPSA) is 48.3 Å². The average molecular weight is 261 g/mol. The third kappa shape index (κ3) is 2.70. The fourth-order valence-electron chi connectivity index (χ4n) is 1.57. The average Bonchev–Trinajstić information content (AvgIpc) is 2.38. The number of benzene rings is 1. The van der Waals surface area contributed by atoms with E-state index in [9.17, 15) is 14.0 Å². The lowest BCUT2D eigenvalue weighted by Crippen LogP contribution is -2.18. The summed E-state index contributed by atoms with van der Waals surface area (Å²) in [6.45, 7) is 1.58. The first-order valence-electron chi connectivity index (χ1n) is 5.63. The van der Waals surface area contributed by atoms with Crippen LogP contribution >= 0.6 is 0 Å². The Bertz CT molecular complexity index is 691. The Morgan fingerprint density at radius 2 is 2.00 bits per heavy atom. The summed E-state index contributed by atoms with van der Waals surface area (Å²) in [5.41, 5.74) is 0.340. The van der Waals surface area contributed by atoms with Gasteiger partial charge in [-0.15, -0.1) is 0 Å². The summed E-state index contributed by atoms with van der Waals surface area (Å²) in [5, 5.41) is 0. The molecule has 1 heterocycles. The van der Waals surface area contributed by atoms with Crippen LogP contribution in [-0.4, -0.2) is 10.5 Å². The SMILES string of the molecule is Cc1cccc(OC(=O)c2ccc(=O)n(C)c2)c1F. The van der Waals surface area contributed by atoms with Gasteiger partial charge in [-0.05, 0) is 24.6 Å². The van der Waals surface area contributed by atoms with Crippen LogP contribution in [0, 0.1) is 12.7 Å². The van der Waals surface area contributed by atoms with Gasteiger partial charge in [-0.25, -0.2) is 9.18 Å². The van der Waals surface area contributed by atoms with Gasteiger partial charge in [0.15, 0.2) is 11.6 Å². The second-order valence-corrected chi connectivity index (χ2v) is 4.14. The van der Waals surface area contributed by atoms with Gasteiger partial charge in [0.2, 0.25) is 5.56 Å². The molecular weight excluding hydrogens is 249 g/mol. The van der Waals surface area contributed by atoms with Gasteiger partial charge in [0.25, 0.3) is 0 Å². The van der Waals surface area contributed by atoms with Crippen molar-refractivity contribution < 1.29 is 13.9 Å². The second-order valence-electron chi connectivity index (χ2n) is 4.14. The molecule has 0 N–H and O–H groups in total. The zero-order valence-corrected chi connectivity index (χ0v) is 10.5. The molecule has 0 aliphatic carbocycles. The van der Waals surface area contributed by atoms with E-state index in [0.717, 1.165) is 0 Å². The van der Waals surface area contributed by atoms with Crippen LogP contribution in [0.15, 0.2) is 41.3 Å². The number of hydrogen-bond donors (Lipinski definition) is 0. The first-order valence-corrected chi connectivity index (χ1v) is 5.63. The minimum Gasteiger partial charge on any atom is -0.420 e. The summed E-state index contributed by atoms with van der Waals surface area (Å²) in [7, 11) is 1.52. The molecule has 4 nitrogen and oxygen atoms in total. The zero-order chi connectivity index (χ0) is 14.0. The number of pyridine rings is 1. The third-order valence-corrected chi connectivity index (χ3v) is 2.68. The van der Waals surface area contributed by atoms with Crippen LogP contribution in [0.4, 0.5) is 4.39 Å². The van der Waals surface area contributed by atoms with Gasteiger partial charge >= 0.3 is 5.97 Å². The molecule has 0 spiro atoms. The number of rotatable bonds is 2. The highest BCUT2D eigenvalue weighted by molar-refractivity contribution is 5.90. The van der Waals surface area contributed by atoms with Crippen LogP contribution in [0.2, 0.25) is 0 Å². The fourth-order valence-corrected chi connectivity index (χ4v) is 1.57. The molecule has 0 saturated heterocycles. The highest BCUT2D eigenvalue weighted by Crippen LogP contribution is 2.20. The summed E-state index contributed by atoms with van der Waals surface area (Å²) in [6.07, 6.45) is 1.35. The van der Waals surface area contributed by atoms with E-state index in [-0.39, 0.29) is 16.9 Å². The lowest BCUT2D eigenvalue weighted by Gasteiger charge is -2.07. The molecule has 0 saturated carbocycles. The Hall–Kier alpha value is -2.43. The van der Waals surface area contributed by atoms with Gasteiger partial charge in [-0.3, -0.25) is 4.79 Å². The number of esters is 1. The number of aromatic nitrogens is 1. The van der Waals surface area contributed by atoms with Crippen LogP contribution in [-0.2, 0) is 7.05 Å². The van der Waals surface area contributed by atoms with Gasteiger partial charge in [-0.1, -0.05) is 12.1 Å². The Kier molecular flexibility index (Phi) is 3.46. The summed E-state index contributed by atoms with van der Waals surface area (Å²) >= 11 is 0. The highest BCUT2D eigenvalue weighted by Gasteiger charge is 2.13. The molecular formula is C14H12FNO3. The number of hydrogen-bond acceptors (Lipinski definition) is 3. The van der Waals surface area contributed by atoms with E-state index in [1.165, 1.54) is 36.0 Å². The van der Waals surface area contributed by atoms with Crippen LogP contribution in [0.25, 0.3) is 0 Å². The number of ether oxygens (including phenoxy) is 1. The minimum atomic E-state index is -0.708. The molecule has 0 unspecified atom stereocenters. The molecule has 0 radical (unpaired) electrons. The van der Waals surface area contributed by atoms with Gasteiger partial charge in [0.1, 0.15) is 0 Å². The standard InChI is InChI=1S/C14H12FNO3/c1-9-4-3-5-11(13(9)15)19-14(18)10-6-7-12(17)16(2)8-10/h3-8H,1-2H3. The number of halogens is 1. The van der Waals surface area contributed by atoms with Crippen molar-refractivity contribution in [1.82, 2.24) is 4.57 Å². The molecule has 0 aliphatic heterocycles. The predicted molar refractivity (Wildman–Crippen MR) is 67.8 cm³/mol. The molecule has 19 heavy (non-hydrogen) atoms. The predicted octanol–water partition coefficient (Wildman–Crippen LogP) is 2.05. The molecule has 2 aromatic rings. The lowest BCUT2D eigenvalue weighted by atomic mass is 10.2. The molecule has 0 atom stereocenters. The molecule has 0 aliphatic rings. The maximum atomic E-state index is 13.7. The van der Waals surface area contributed by atoms with E-state index >= 15 is 0 Å². The number of carbonyl (C=O) groups is 1. The maximum absolute atomic E-state index is 13.7. The lowest BCUT2D eigenvalue weighted by molar-refractivity contribution is 0.0726. The van der Waals surface area contributed by atoms with Crippen molar-refractivity contribution >= 4 is 5.97 Å². The Morgan fingerprint density at radius 3 is 2.68 bits per heavy atom. The molecule has 1 aromatic carbocycles. The first-order chi connectivity index (χ1) is 8.99. The van der Waals surface area contributed by atoms with E-state index < -0.39 is 11.8 Å². The van der Waals surface area contributed by atoms with Crippen molar-refractivity contribution in [3.05, 3.63) is 63.8 Å². The van der Waals surface area contributed by atoms with Crippen LogP contribution < -0.4 is 10.3 Å². The highest BCUT2D eigenvalue weighted by atomic mass is 19.1. The Morgan fingerprint density at radius 1 is 1.26 bits per heavy atom. The van der Waals surface area contributed by atoms with Crippen molar-refractivity contribution in [2.45, 2.75) is 6.92 Å². The van der Waals surface area contributed by atoms with Gasteiger partial charge < -0.3 is 9.30 Å². The summed E-state index contributed by atoms with van der Waals surface area (Å²) in [4.78, 5) is 23.0. The number of nitrogens with zero attached hydrogens (tertiary/aromatic N) is 1. The van der Waals surface area contributed by atoms with E-state index in [2.05, 4.69) is 0 Å². The third-order valence-electron chi connectivity index (χ3n) is 2.68. The van der Waals surface area contributed by atoms with Crippen molar-refractivity contribution in [3.8, 4) is 5.75 Å². The molecule has 2 rings (SSSR count). The van der Waals surface area contributed by atoms with Gasteiger partial charge in [0, 0.05) is 19.3 Å². The van der Waals surface area contributed by atoms with E-state index in [1.807, 2.05) is 0 Å². The van der Waals surface area contributed by atoms with Crippen LogP contribution in [0.5, 0.6) is 5.75 Å². The fraction of sp³-hybridized carbons (Fsp3) is 0.143. The van der Waals surface area contributed by atoms with E-state index in [0.29, 0.717) is 5.56 Å². The van der Waals surface area contributed by atoms with Crippen molar-refractivity contribution in [3.63, 3.8) is 0 Å². The molecule has 0 bridgehead atoms. The van der Waals surface area contributed by atoms with E-state index in [1.54, 1.807) is 19.1 Å². The minimum absolute atomic E-state index is 0.126. The largest absolute Gasteiger partial charge is 0.420 e. The molecule has 98 valence electrons.